The van der Waals surface area contributed by atoms with Gasteiger partial charge in [0.05, 0.1) is 0 Å². The number of nitrogens with one attached hydrogen (secondary N) is 1. The number of likely N-dealkylation sites (N-methyl/N-ethyl adjacent to an activating group) is 1. The first-order valence-corrected chi connectivity index (χ1v) is 7.95. The molecule has 0 bridgehead atoms. The van der Waals surface area contributed by atoms with Gasteiger partial charge in [0.25, 0.3) is 0 Å². The molecule has 0 fully saturated rings. The van der Waals surface area contributed by atoms with Gasteiger partial charge in [0.15, 0.2) is 0 Å². The number of hydrogen-bond acceptors (Lipinski definition) is 2. The van der Waals surface area contributed by atoms with Crippen molar-refractivity contribution in [2.24, 2.45) is 0 Å². The Hall–Kier alpha value is -0.640. The topological polar surface area (TPSA) is 12.0 Å². The van der Waals surface area contributed by atoms with Crippen LogP contribution in [0.1, 0.15) is 23.5 Å². The summed E-state index contributed by atoms with van der Waals surface area (Å²) in [5.41, 5.74) is 2.86. The fraction of sp³-hybridized carbons (Fsp3) is 0.333. The molecule has 1 nitrogen and oxygen atoms in total. The van der Waals surface area contributed by atoms with Gasteiger partial charge in [0, 0.05) is 11.0 Å². The second-order valence-corrected chi connectivity index (χ2v) is 6.08. The van der Waals surface area contributed by atoms with Crippen LogP contribution in [0.2, 0.25) is 0 Å². The van der Waals surface area contributed by atoms with Gasteiger partial charge >= 0.3 is 0 Å². The maximum atomic E-state index is 3.66. The molecule has 0 radical (unpaired) electrons. The average Bonchev–Trinajstić information content (AvgIpc) is 2.88. The maximum Gasteiger partial charge on any atom is 0.0210 e. The van der Waals surface area contributed by atoms with Crippen molar-refractivity contribution in [1.29, 1.82) is 0 Å². The highest BCUT2D eigenvalue weighted by Gasteiger charge is 2.13. The zero-order valence-electron chi connectivity index (χ0n) is 10.5. The van der Waals surface area contributed by atoms with E-state index in [0.717, 1.165) is 13.0 Å². The van der Waals surface area contributed by atoms with Gasteiger partial charge in [-0.2, -0.15) is 11.3 Å². The monoisotopic (exact) mass is 323 g/mol. The lowest BCUT2D eigenvalue weighted by atomic mass is 9.93. The van der Waals surface area contributed by atoms with E-state index in [4.69, 9.17) is 0 Å². The molecule has 0 saturated carbocycles. The molecule has 0 aliphatic rings. The van der Waals surface area contributed by atoms with Crippen LogP contribution in [-0.4, -0.2) is 13.6 Å². The van der Waals surface area contributed by atoms with E-state index in [2.05, 4.69) is 62.3 Å². The Morgan fingerprint density at radius 1 is 1.28 bits per heavy atom. The van der Waals surface area contributed by atoms with Gasteiger partial charge in [-0.05, 0) is 59.8 Å². The van der Waals surface area contributed by atoms with Crippen molar-refractivity contribution in [2.75, 3.05) is 13.6 Å². The Labute approximate surface area is 121 Å². The molecule has 18 heavy (non-hydrogen) atoms. The molecule has 3 heteroatoms. The normalized spacial score (nSPS) is 12.6. The lowest BCUT2D eigenvalue weighted by molar-refractivity contribution is 0.583. The molecule has 0 saturated heterocycles. The van der Waals surface area contributed by atoms with E-state index >= 15 is 0 Å². The number of aryl methyl sites for hydroxylation is 1. The highest BCUT2D eigenvalue weighted by Crippen LogP contribution is 2.28. The Morgan fingerprint density at radius 3 is 2.78 bits per heavy atom. The molecule has 2 aromatic rings. The molecule has 1 aromatic carbocycles. The average molecular weight is 324 g/mol. The van der Waals surface area contributed by atoms with Crippen molar-refractivity contribution in [3.05, 3.63) is 56.7 Å². The lowest BCUT2D eigenvalue weighted by Crippen LogP contribution is -2.18. The maximum absolute atomic E-state index is 3.66. The predicted molar refractivity (Wildman–Crippen MR) is 83.4 cm³/mol. The van der Waals surface area contributed by atoms with Crippen LogP contribution in [0.4, 0.5) is 0 Å². The fourth-order valence-electron chi connectivity index (χ4n) is 2.20. The smallest absolute Gasteiger partial charge is 0.0210 e. The third kappa shape index (κ3) is 3.67. The molecule has 1 N–H and O–H groups in total. The van der Waals surface area contributed by atoms with E-state index in [1.165, 1.54) is 22.0 Å². The van der Waals surface area contributed by atoms with Crippen LogP contribution in [0.15, 0.2) is 45.6 Å². The predicted octanol–water partition coefficient (Wildman–Crippen LogP) is 4.45. The van der Waals surface area contributed by atoms with E-state index in [-0.39, 0.29) is 0 Å². The minimum Gasteiger partial charge on any atom is -0.319 e. The second-order valence-electron chi connectivity index (χ2n) is 4.45. The van der Waals surface area contributed by atoms with Crippen LogP contribution in [0, 0.1) is 0 Å². The van der Waals surface area contributed by atoms with Crippen LogP contribution in [0.5, 0.6) is 0 Å². The van der Waals surface area contributed by atoms with Crippen molar-refractivity contribution in [2.45, 2.75) is 18.8 Å². The fourth-order valence-corrected chi connectivity index (χ4v) is 3.51. The number of rotatable bonds is 6. The lowest BCUT2D eigenvalue weighted by Gasteiger charge is -2.18. The van der Waals surface area contributed by atoms with Crippen molar-refractivity contribution in [1.82, 2.24) is 5.32 Å². The van der Waals surface area contributed by atoms with Gasteiger partial charge in [0.2, 0.25) is 0 Å². The zero-order valence-corrected chi connectivity index (χ0v) is 12.9. The molecule has 2 rings (SSSR count). The molecule has 0 spiro atoms. The zero-order chi connectivity index (χ0) is 12.8. The minimum absolute atomic E-state index is 0.561. The number of thiophene rings is 1. The van der Waals surface area contributed by atoms with Crippen LogP contribution < -0.4 is 5.32 Å². The largest absolute Gasteiger partial charge is 0.319 e. The molecule has 0 aliphatic carbocycles. The Morgan fingerprint density at radius 2 is 2.11 bits per heavy atom. The molecular formula is C15H18BrNS. The van der Waals surface area contributed by atoms with Gasteiger partial charge in [-0.1, -0.05) is 34.1 Å². The van der Waals surface area contributed by atoms with E-state index < -0.39 is 0 Å². The van der Waals surface area contributed by atoms with Crippen molar-refractivity contribution >= 4 is 27.3 Å². The summed E-state index contributed by atoms with van der Waals surface area (Å²) in [5, 5.41) is 7.71. The second kappa shape index (κ2) is 7.07. The van der Waals surface area contributed by atoms with Crippen molar-refractivity contribution < 1.29 is 0 Å². The van der Waals surface area contributed by atoms with E-state index in [1.807, 2.05) is 7.05 Å². The van der Waals surface area contributed by atoms with E-state index in [0.29, 0.717) is 5.92 Å². The standard InChI is InChI=1S/C15H18BrNS/c1-17-10-13(7-6-12-8-9-18-11-12)14-4-2-3-5-15(14)16/h2-5,8-9,11,13,17H,6-7,10H2,1H3. The Balaban J connectivity index is 2.06. The Bertz CT molecular complexity index is 467. The molecule has 1 unspecified atom stereocenters. The van der Waals surface area contributed by atoms with Crippen LogP contribution in [-0.2, 0) is 6.42 Å². The van der Waals surface area contributed by atoms with Crippen molar-refractivity contribution in [3.63, 3.8) is 0 Å². The highest BCUT2D eigenvalue weighted by molar-refractivity contribution is 9.10. The molecule has 1 heterocycles. The first kappa shape index (κ1) is 13.8. The molecular weight excluding hydrogens is 306 g/mol. The number of benzene rings is 1. The summed E-state index contributed by atoms with van der Waals surface area (Å²) >= 11 is 5.44. The quantitative estimate of drug-likeness (QED) is 0.828. The summed E-state index contributed by atoms with van der Waals surface area (Å²) < 4.78 is 1.22. The molecule has 96 valence electrons. The number of halogens is 1. The number of hydrogen-bond donors (Lipinski definition) is 1. The van der Waals surface area contributed by atoms with Crippen LogP contribution in [0.3, 0.4) is 0 Å². The first-order chi connectivity index (χ1) is 8.81. The summed E-state index contributed by atoms with van der Waals surface area (Å²) in [6.45, 7) is 1.02. The summed E-state index contributed by atoms with van der Waals surface area (Å²) in [6, 6.07) is 10.8. The first-order valence-electron chi connectivity index (χ1n) is 6.21. The highest BCUT2D eigenvalue weighted by atomic mass is 79.9. The minimum atomic E-state index is 0.561. The van der Waals surface area contributed by atoms with E-state index in [9.17, 15) is 0 Å². The van der Waals surface area contributed by atoms with Crippen molar-refractivity contribution in [3.8, 4) is 0 Å². The third-order valence-corrected chi connectivity index (χ3v) is 4.61. The summed E-state index contributed by atoms with van der Waals surface area (Å²) in [4.78, 5) is 0. The molecule has 1 aromatic heterocycles. The third-order valence-electron chi connectivity index (χ3n) is 3.16. The molecule has 0 amide bonds. The van der Waals surface area contributed by atoms with Gasteiger partial charge in [-0.3, -0.25) is 0 Å². The van der Waals surface area contributed by atoms with Gasteiger partial charge in [0.1, 0.15) is 0 Å². The molecule has 1 atom stereocenters. The van der Waals surface area contributed by atoms with Crippen LogP contribution in [0.25, 0.3) is 0 Å². The molecule has 0 aliphatic heterocycles. The van der Waals surface area contributed by atoms with E-state index in [1.54, 1.807) is 11.3 Å². The van der Waals surface area contributed by atoms with Gasteiger partial charge in [-0.15, -0.1) is 0 Å². The van der Waals surface area contributed by atoms with Crippen LogP contribution >= 0.6 is 27.3 Å². The van der Waals surface area contributed by atoms with Gasteiger partial charge in [-0.25, -0.2) is 0 Å². The summed E-state index contributed by atoms with van der Waals surface area (Å²) in [7, 11) is 2.02. The summed E-state index contributed by atoms with van der Waals surface area (Å²) in [5.74, 6) is 0.561. The van der Waals surface area contributed by atoms with Gasteiger partial charge < -0.3 is 5.32 Å². The Kier molecular flexibility index (Phi) is 5.42. The SMILES string of the molecule is CNCC(CCc1ccsc1)c1ccccc1Br. The summed E-state index contributed by atoms with van der Waals surface area (Å²) in [6.07, 6.45) is 2.33.